The summed E-state index contributed by atoms with van der Waals surface area (Å²) in [5.74, 6) is 0. The van der Waals surface area contributed by atoms with Gasteiger partial charge in [-0.05, 0) is 90.9 Å². The number of para-hydroxylation sites is 4. The molecule has 3 aromatic heterocycles. The lowest BCUT2D eigenvalue weighted by molar-refractivity contribution is 1.06. The minimum atomic E-state index is 1.06. The van der Waals surface area contributed by atoms with Gasteiger partial charge in [0.2, 0.25) is 0 Å². The van der Waals surface area contributed by atoms with Gasteiger partial charge in [0.1, 0.15) is 0 Å². The molecule has 0 amide bonds. The van der Waals surface area contributed by atoms with E-state index < -0.39 is 0 Å². The number of hydrogen-bond donors (Lipinski definition) is 1. The van der Waals surface area contributed by atoms with Crippen molar-refractivity contribution in [2.75, 3.05) is 6.26 Å². The second kappa shape index (κ2) is 16.1. The number of thiophene rings is 1. The summed E-state index contributed by atoms with van der Waals surface area (Å²) < 4.78 is 7.43. The topological polar surface area (TPSA) is 9.86 Å². The van der Waals surface area contributed by atoms with Gasteiger partial charge in [0, 0.05) is 53.1 Å². The number of rotatable bonds is 7. The largest absolute Gasteiger partial charge is 0.309 e. The summed E-state index contributed by atoms with van der Waals surface area (Å²) in [6.45, 7) is 7.14. The second-order valence-electron chi connectivity index (χ2n) is 13.3. The smallest absolute Gasteiger partial charge is 0.0541 e. The standard InChI is InChI=1S/C42H26N2S.C8H12.CH4S/c1-2-11-28(12-3-1)43-39-20-9-6-15-33(39)35-25-27(21-23-40(35)43)30-16-10-17-34-36-26-29(22-24-41(36)45-42(30)34)44-37-18-7-4-13-31(37)32-14-5-8-19-38(32)44;1-3-5-7-8-6-4-2;1-2/h1-26H;3-5,7H,1-2,6,8H2;2H,1H3/b;7-5-;. The Balaban J connectivity index is 0.000000384. The van der Waals surface area contributed by atoms with Crippen molar-refractivity contribution in [1.29, 1.82) is 0 Å². The first-order chi connectivity index (χ1) is 27.2. The molecule has 3 heterocycles. The van der Waals surface area contributed by atoms with Crippen LogP contribution < -0.4 is 0 Å². The Morgan fingerprint density at radius 1 is 0.509 bits per heavy atom. The van der Waals surface area contributed by atoms with E-state index in [9.17, 15) is 0 Å². The summed E-state index contributed by atoms with van der Waals surface area (Å²) in [6, 6.07) is 57.6. The molecule has 0 aliphatic carbocycles. The van der Waals surface area contributed by atoms with Crippen LogP contribution in [-0.4, -0.2) is 15.4 Å². The average molecular weight is 747 g/mol. The summed E-state index contributed by atoms with van der Waals surface area (Å²) in [7, 11) is 0. The molecule has 0 saturated carbocycles. The number of hydrogen-bond acceptors (Lipinski definition) is 2. The fourth-order valence-electron chi connectivity index (χ4n) is 7.76. The normalized spacial score (nSPS) is 11.3. The van der Waals surface area contributed by atoms with Gasteiger partial charge in [-0.25, -0.2) is 0 Å². The quantitative estimate of drug-likeness (QED) is 0.0720. The molecule has 0 N–H and O–H groups in total. The van der Waals surface area contributed by atoms with E-state index in [2.05, 4.69) is 199 Å². The average Bonchev–Trinajstić information content (AvgIpc) is 3.91. The van der Waals surface area contributed by atoms with Crippen molar-refractivity contribution in [3.8, 4) is 22.5 Å². The van der Waals surface area contributed by atoms with E-state index in [0.717, 1.165) is 12.8 Å². The van der Waals surface area contributed by atoms with Crippen molar-refractivity contribution in [1.82, 2.24) is 9.13 Å². The highest BCUT2D eigenvalue weighted by atomic mass is 32.1. The Morgan fingerprint density at radius 2 is 1.09 bits per heavy atom. The molecule has 0 bridgehead atoms. The molecule has 0 saturated heterocycles. The van der Waals surface area contributed by atoms with Gasteiger partial charge < -0.3 is 9.13 Å². The molecule has 55 heavy (non-hydrogen) atoms. The third kappa shape index (κ3) is 6.58. The number of fused-ring (bicyclic) bond motifs is 9. The summed E-state index contributed by atoms with van der Waals surface area (Å²) in [6.07, 6.45) is 11.6. The van der Waals surface area contributed by atoms with Crippen LogP contribution in [0.5, 0.6) is 0 Å². The first kappa shape index (κ1) is 35.9. The molecule has 0 atom stereocenters. The van der Waals surface area contributed by atoms with E-state index in [0.29, 0.717) is 0 Å². The van der Waals surface area contributed by atoms with Crippen LogP contribution in [0.3, 0.4) is 0 Å². The van der Waals surface area contributed by atoms with Gasteiger partial charge in [0.25, 0.3) is 0 Å². The lowest BCUT2D eigenvalue weighted by Crippen LogP contribution is -1.93. The van der Waals surface area contributed by atoms with Gasteiger partial charge in [-0.3, -0.25) is 0 Å². The molecule has 0 radical (unpaired) electrons. The number of unbranched alkanes of at least 4 members (excludes halogenated alkanes) is 1. The molecule has 0 fully saturated rings. The van der Waals surface area contributed by atoms with E-state index in [-0.39, 0.29) is 0 Å². The molecule has 4 heteroatoms. The van der Waals surface area contributed by atoms with Crippen LogP contribution in [-0.2, 0) is 0 Å². The van der Waals surface area contributed by atoms with E-state index in [4.69, 9.17) is 0 Å². The lowest BCUT2D eigenvalue weighted by atomic mass is 10.0. The molecule has 7 aromatic carbocycles. The van der Waals surface area contributed by atoms with Crippen molar-refractivity contribution in [2.45, 2.75) is 12.8 Å². The molecule has 0 aliphatic rings. The molecule has 0 spiro atoms. The Hall–Kier alpha value is -6.07. The minimum absolute atomic E-state index is 1.06. The maximum absolute atomic E-state index is 3.60. The van der Waals surface area contributed by atoms with Gasteiger partial charge in [0.05, 0.1) is 22.1 Å². The molecule has 268 valence electrons. The predicted octanol–water partition coefficient (Wildman–Crippen LogP) is 15.2. The molecule has 0 aliphatic heterocycles. The zero-order valence-corrected chi connectivity index (χ0v) is 32.6. The fraction of sp³-hybridized carbons (Fsp3) is 0.0588. The van der Waals surface area contributed by atoms with Gasteiger partial charge in [-0.2, -0.15) is 12.6 Å². The predicted molar refractivity (Wildman–Crippen MR) is 247 cm³/mol. The lowest BCUT2D eigenvalue weighted by Gasteiger charge is -2.09. The third-order valence-electron chi connectivity index (χ3n) is 10.1. The fourth-order valence-corrected chi connectivity index (χ4v) is 8.97. The summed E-state index contributed by atoms with van der Waals surface area (Å²) >= 11 is 5.42. The van der Waals surface area contributed by atoms with Crippen molar-refractivity contribution >= 4 is 87.7 Å². The zero-order chi connectivity index (χ0) is 37.7. The first-order valence-electron chi connectivity index (χ1n) is 18.6. The van der Waals surface area contributed by atoms with Crippen LogP contribution >= 0.6 is 24.0 Å². The Kier molecular flexibility index (Phi) is 10.5. The molecular formula is C51H42N2S2. The highest BCUT2D eigenvalue weighted by Gasteiger charge is 2.17. The maximum Gasteiger partial charge on any atom is 0.0541 e. The molecular weight excluding hydrogens is 705 g/mol. The highest BCUT2D eigenvalue weighted by Crippen LogP contribution is 2.43. The van der Waals surface area contributed by atoms with Crippen LogP contribution in [0.2, 0.25) is 0 Å². The van der Waals surface area contributed by atoms with Gasteiger partial charge in [-0.1, -0.05) is 128 Å². The summed E-state index contributed by atoms with van der Waals surface area (Å²) in [5.41, 5.74) is 9.84. The van der Waals surface area contributed by atoms with Crippen molar-refractivity contribution in [3.05, 3.63) is 195 Å². The number of thiol groups is 1. The third-order valence-corrected chi connectivity index (χ3v) is 11.3. The Labute approximate surface area is 332 Å². The molecule has 10 rings (SSSR count). The Morgan fingerprint density at radius 3 is 1.75 bits per heavy atom. The van der Waals surface area contributed by atoms with E-state index in [1.54, 1.807) is 12.3 Å². The molecule has 2 nitrogen and oxygen atoms in total. The molecule has 10 aromatic rings. The number of nitrogens with zero attached hydrogens (tertiary/aromatic N) is 2. The second-order valence-corrected chi connectivity index (χ2v) is 14.3. The van der Waals surface area contributed by atoms with Crippen LogP contribution in [0.1, 0.15) is 12.8 Å². The number of aromatic nitrogens is 2. The monoisotopic (exact) mass is 746 g/mol. The van der Waals surface area contributed by atoms with Crippen molar-refractivity contribution in [2.24, 2.45) is 0 Å². The molecule has 0 unspecified atom stereocenters. The highest BCUT2D eigenvalue weighted by molar-refractivity contribution is 7.79. The van der Waals surface area contributed by atoms with Crippen LogP contribution in [0, 0.1) is 0 Å². The first-order valence-corrected chi connectivity index (χ1v) is 20.3. The SMILES string of the molecule is C=C/C=C\CCC=C.CS.c1ccc(-n2c3ccccc3c3cc(-c4cccc5c4sc4ccc(-n6c7ccccc7c7ccccc76)cc45)ccc32)cc1. The summed E-state index contributed by atoms with van der Waals surface area (Å²) in [4.78, 5) is 0. The van der Waals surface area contributed by atoms with Gasteiger partial charge in [0.15, 0.2) is 0 Å². The van der Waals surface area contributed by atoms with Gasteiger partial charge in [-0.15, -0.1) is 17.9 Å². The van der Waals surface area contributed by atoms with Crippen LogP contribution in [0.25, 0.3) is 86.3 Å². The van der Waals surface area contributed by atoms with E-state index >= 15 is 0 Å². The maximum atomic E-state index is 3.60. The number of allylic oxidation sites excluding steroid dienone is 4. The minimum Gasteiger partial charge on any atom is -0.309 e. The van der Waals surface area contributed by atoms with Gasteiger partial charge >= 0.3 is 0 Å². The van der Waals surface area contributed by atoms with Crippen LogP contribution in [0.4, 0.5) is 0 Å². The zero-order valence-electron chi connectivity index (χ0n) is 30.9. The van der Waals surface area contributed by atoms with Crippen LogP contribution in [0.15, 0.2) is 195 Å². The number of benzene rings is 7. The summed E-state index contributed by atoms with van der Waals surface area (Å²) in [5, 5.41) is 7.74. The van der Waals surface area contributed by atoms with E-state index in [1.165, 1.54) is 86.3 Å². The van der Waals surface area contributed by atoms with Crippen molar-refractivity contribution < 1.29 is 0 Å². The Bertz CT molecular complexity index is 2940. The van der Waals surface area contributed by atoms with E-state index in [1.807, 2.05) is 23.5 Å². The van der Waals surface area contributed by atoms with Crippen molar-refractivity contribution in [3.63, 3.8) is 0 Å².